The molecule has 1 heterocycles. The van der Waals surface area contributed by atoms with Crippen molar-refractivity contribution in [2.24, 2.45) is 0 Å². The van der Waals surface area contributed by atoms with Crippen molar-refractivity contribution in [1.29, 1.82) is 0 Å². The summed E-state index contributed by atoms with van der Waals surface area (Å²) in [7, 11) is 0. The van der Waals surface area contributed by atoms with Crippen LogP contribution in [0.4, 0.5) is 5.69 Å². The van der Waals surface area contributed by atoms with Gasteiger partial charge in [0.1, 0.15) is 12.4 Å². The van der Waals surface area contributed by atoms with Crippen molar-refractivity contribution in [2.75, 3.05) is 11.9 Å². The molecule has 0 atom stereocenters. The molecule has 1 N–H and O–H groups in total. The number of rotatable bonds is 5. The number of amides is 1. The van der Waals surface area contributed by atoms with E-state index in [2.05, 4.69) is 10.3 Å². The van der Waals surface area contributed by atoms with Crippen LogP contribution in [0.1, 0.15) is 5.82 Å². The van der Waals surface area contributed by atoms with E-state index < -0.39 is 18.5 Å². The zero-order valence-corrected chi connectivity index (χ0v) is 15.3. The topological polar surface area (TPSA) is 73.2 Å². The molecule has 0 aliphatic rings. The Hall–Kier alpha value is -2.57. The first-order valence-corrected chi connectivity index (χ1v) is 8.52. The molecule has 0 unspecified atom stereocenters. The van der Waals surface area contributed by atoms with Crippen molar-refractivity contribution in [3.05, 3.63) is 58.3 Å². The fraction of sp³-hybridized carbons (Fsp3) is 0.167. The number of aryl methyl sites for hydroxylation is 1. The van der Waals surface area contributed by atoms with Crippen LogP contribution < -0.4 is 5.32 Å². The molecule has 26 heavy (non-hydrogen) atoms. The van der Waals surface area contributed by atoms with Crippen LogP contribution in [0, 0.1) is 6.92 Å². The molecular formula is C18H15Cl2N3O3. The molecule has 0 saturated heterocycles. The number of benzene rings is 2. The third-order valence-electron chi connectivity index (χ3n) is 3.72. The minimum atomic E-state index is -0.545. The number of fused-ring (bicyclic) bond motifs is 1. The van der Waals surface area contributed by atoms with Gasteiger partial charge >= 0.3 is 5.97 Å². The minimum absolute atomic E-state index is 0.0352. The van der Waals surface area contributed by atoms with Gasteiger partial charge in [-0.05, 0) is 31.2 Å². The van der Waals surface area contributed by atoms with Crippen LogP contribution in [0.2, 0.25) is 10.0 Å². The lowest BCUT2D eigenvalue weighted by Crippen LogP contribution is -2.23. The van der Waals surface area contributed by atoms with E-state index in [1.54, 1.807) is 29.7 Å². The molecule has 0 fully saturated rings. The summed E-state index contributed by atoms with van der Waals surface area (Å²) >= 11 is 12.0. The fourth-order valence-electron chi connectivity index (χ4n) is 2.51. The quantitative estimate of drug-likeness (QED) is 0.670. The van der Waals surface area contributed by atoms with E-state index in [1.165, 1.54) is 0 Å². The van der Waals surface area contributed by atoms with E-state index in [0.717, 1.165) is 11.0 Å². The molecule has 3 rings (SSSR count). The SMILES string of the molecule is Cc1nc2ccccc2n1CC(=O)OCC(=O)Nc1c(Cl)cccc1Cl. The number of ether oxygens (including phenoxy) is 1. The lowest BCUT2D eigenvalue weighted by atomic mass is 10.3. The van der Waals surface area contributed by atoms with Crippen LogP contribution in [-0.2, 0) is 20.9 Å². The fourth-order valence-corrected chi connectivity index (χ4v) is 3.00. The molecule has 6 nitrogen and oxygen atoms in total. The van der Waals surface area contributed by atoms with Gasteiger partial charge in [0.25, 0.3) is 5.91 Å². The highest BCUT2D eigenvalue weighted by Crippen LogP contribution is 2.29. The van der Waals surface area contributed by atoms with Gasteiger partial charge in [0.05, 0.1) is 26.8 Å². The van der Waals surface area contributed by atoms with Crippen molar-refractivity contribution < 1.29 is 14.3 Å². The lowest BCUT2D eigenvalue weighted by molar-refractivity contribution is -0.147. The van der Waals surface area contributed by atoms with Gasteiger partial charge in [0, 0.05) is 0 Å². The highest BCUT2D eigenvalue weighted by molar-refractivity contribution is 6.39. The molecule has 0 spiro atoms. The standard InChI is InChI=1S/C18H15Cl2N3O3/c1-11-21-14-7-2-3-8-15(14)23(11)9-17(25)26-10-16(24)22-18-12(19)5-4-6-13(18)20/h2-8H,9-10H2,1H3,(H,22,24). The van der Waals surface area contributed by atoms with Gasteiger partial charge in [-0.2, -0.15) is 0 Å². The molecule has 2 aromatic carbocycles. The third kappa shape index (κ3) is 3.98. The molecule has 8 heteroatoms. The van der Waals surface area contributed by atoms with Gasteiger partial charge in [-0.1, -0.05) is 41.4 Å². The molecule has 0 aliphatic heterocycles. The summed E-state index contributed by atoms with van der Waals surface area (Å²) in [6.07, 6.45) is 0. The average molecular weight is 392 g/mol. The summed E-state index contributed by atoms with van der Waals surface area (Å²) < 4.78 is 6.78. The highest BCUT2D eigenvalue weighted by atomic mass is 35.5. The number of nitrogens with zero attached hydrogens (tertiary/aromatic N) is 2. The number of imidazole rings is 1. The first-order valence-electron chi connectivity index (χ1n) is 7.77. The van der Waals surface area contributed by atoms with E-state index >= 15 is 0 Å². The Balaban J connectivity index is 1.60. The van der Waals surface area contributed by atoms with Crippen molar-refractivity contribution in [3.63, 3.8) is 0 Å². The van der Waals surface area contributed by atoms with E-state index in [1.807, 2.05) is 24.3 Å². The van der Waals surface area contributed by atoms with Crippen LogP contribution in [-0.4, -0.2) is 28.0 Å². The van der Waals surface area contributed by atoms with Crippen molar-refractivity contribution in [1.82, 2.24) is 9.55 Å². The third-order valence-corrected chi connectivity index (χ3v) is 4.35. The number of esters is 1. The van der Waals surface area contributed by atoms with Gasteiger partial charge in [-0.25, -0.2) is 4.98 Å². The lowest BCUT2D eigenvalue weighted by Gasteiger charge is -2.10. The van der Waals surface area contributed by atoms with Crippen LogP contribution in [0.15, 0.2) is 42.5 Å². The second-order valence-electron chi connectivity index (χ2n) is 5.54. The number of hydrogen-bond donors (Lipinski definition) is 1. The van der Waals surface area contributed by atoms with Gasteiger partial charge in [0.15, 0.2) is 6.61 Å². The first-order chi connectivity index (χ1) is 12.5. The Kier molecular flexibility index (Phi) is 5.44. The van der Waals surface area contributed by atoms with Crippen LogP contribution in [0.25, 0.3) is 11.0 Å². The van der Waals surface area contributed by atoms with Crippen molar-refractivity contribution in [2.45, 2.75) is 13.5 Å². The number of anilines is 1. The summed E-state index contributed by atoms with van der Waals surface area (Å²) in [5, 5.41) is 3.14. The largest absolute Gasteiger partial charge is 0.454 e. The Labute approximate surface area is 159 Å². The average Bonchev–Trinajstić information content (AvgIpc) is 2.92. The van der Waals surface area contributed by atoms with E-state index in [0.29, 0.717) is 15.9 Å². The van der Waals surface area contributed by atoms with E-state index in [9.17, 15) is 9.59 Å². The van der Waals surface area contributed by atoms with Crippen molar-refractivity contribution in [3.8, 4) is 0 Å². The summed E-state index contributed by atoms with van der Waals surface area (Å²) in [5.74, 6) is -0.382. The number of para-hydroxylation sites is 3. The molecule has 3 aromatic rings. The number of aromatic nitrogens is 2. The molecule has 134 valence electrons. The Morgan fingerprint density at radius 2 is 1.81 bits per heavy atom. The van der Waals surface area contributed by atoms with Gasteiger partial charge in [-0.15, -0.1) is 0 Å². The molecule has 0 saturated carbocycles. The molecule has 1 aromatic heterocycles. The van der Waals surface area contributed by atoms with Crippen LogP contribution in [0.3, 0.4) is 0 Å². The smallest absolute Gasteiger partial charge is 0.326 e. The van der Waals surface area contributed by atoms with Gasteiger partial charge in [0.2, 0.25) is 0 Å². The number of carbonyl (C=O) groups is 2. The van der Waals surface area contributed by atoms with Gasteiger partial charge < -0.3 is 14.6 Å². The molecular weight excluding hydrogens is 377 g/mol. The highest BCUT2D eigenvalue weighted by Gasteiger charge is 2.14. The predicted octanol–water partition coefficient (Wildman–Crippen LogP) is 3.83. The number of nitrogens with one attached hydrogen (secondary N) is 1. The summed E-state index contributed by atoms with van der Waals surface area (Å²) in [6.45, 7) is 1.33. The molecule has 1 amide bonds. The summed E-state index contributed by atoms with van der Waals surface area (Å²) in [6, 6.07) is 12.3. The zero-order chi connectivity index (χ0) is 18.7. The monoisotopic (exact) mass is 391 g/mol. The summed E-state index contributed by atoms with van der Waals surface area (Å²) in [5.41, 5.74) is 1.91. The maximum Gasteiger partial charge on any atom is 0.326 e. The van der Waals surface area contributed by atoms with Crippen LogP contribution in [0.5, 0.6) is 0 Å². The Morgan fingerprint density at radius 1 is 1.12 bits per heavy atom. The van der Waals surface area contributed by atoms with E-state index in [4.69, 9.17) is 27.9 Å². The Morgan fingerprint density at radius 3 is 2.54 bits per heavy atom. The predicted molar refractivity (Wildman–Crippen MR) is 101 cm³/mol. The number of carbonyl (C=O) groups excluding carboxylic acids is 2. The van der Waals surface area contributed by atoms with Gasteiger partial charge in [-0.3, -0.25) is 9.59 Å². The first kappa shape index (κ1) is 18.2. The van der Waals surface area contributed by atoms with Crippen molar-refractivity contribution >= 4 is 51.8 Å². The maximum absolute atomic E-state index is 12.1. The summed E-state index contributed by atoms with van der Waals surface area (Å²) in [4.78, 5) is 28.5. The Bertz CT molecular complexity index is 965. The minimum Gasteiger partial charge on any atom is -0.454 e. The second kappa shape index (κ2) is 7.76. The zero-order valence-electron chi connectivity index (χ0n) is 13.8. The number of hydrogen-bond acceptors (Lipinski definition) is 4. The number of halogens is 2. The maximum atomic E-state index is 12.1. The van der Waals surface area contributed by atoms with Crippen LogP contribution >= 0.6 is 23.2 Å². The molecule has 0 aliphatic carbocycles. The molecule has 0 radical (unpaired) electrons. The van der Waals surface area contributed by atoms with E-state index in [-0.39, 0.29) is 12.2 Å². The second-order valence-corrected chi connectivity index (χ2v) is 6.35. The molecule has 0 bridgehead atoms. The normalized spacial score (nSPS) is 10.7.